The van der Waals surface area contributed by atoms with Crippen LogP contribution in [0.3, 0.4) is 0 Å². The molecule has 0 radical (unpaired) electrons. The molecule has 0 fully saturated rings. The minimum absolute atomic E-state index is 0.0255. The van der Waals surface area contributed by atoms with E-state index in [-0.39, 0.29) is 40.7 Å². The highest BCUT2D eigenvalue weighted by Crippen LogP contribution is 2.41. The fraction of sp³-hybridized carbons (Fsp3) is 0.0769. The van der Waals surface area contributed by atoms with Crippen molar-refractivity contribution in [3.8, 4) is 11.5 Å². The number of fused-ring (bicyclic) bond motifs is 3. The predicted molar refractivity (Wildman–Crippen MR) is 125 cm³/mol. The average molecular weight is 437 g/mol. The standard InChI is InChI=1S/C26H19N3O4/c1-15-7-3-2-4-10-19(30)20-21(24(15)31)25(32)22-23(26(20)33)29(14-27-22)13-17-12-11-16-8-5-6-9-18(16)28-17/h2-9,11-12,14,32-33H,1,10,13H2/b4-2-,7-3-. The van der Waals surface area contributed by atoms with Gasteiger partial charge < -0.3 is 14.8 Å². The van der Waals surface area contributed by atoms with Crippen LogP contribution in [0.1, 0.15) is 32.8 Å². The van der Waals surface area contributed by atoms with E-state index in [2.05, 4.69) is 16.5 Å². The molecule has 7 heteroatoms. The number of Topliss-reactive ketones (excluding diaryl/α,β-unsaturated/α-hetero) is 2. The molecule has 2 aromatic carbocycles. The van der Waals surface area contributed by atoms with Gasteiger partial charge in [0.05, 0.1) is 35.2 Å². The third-order valence-corrected chi connectivity index (χ3v) is 5.64. The molecule has 0 saturated carbocycles. The largest absolute Gasteiger partial charge is 0.505 e. The van der Waals surface area contributed by atoms with E-state index in [4.69, 9.17) is 0 Å². The smallest absolute Gasteiger partial charge is 0.197 e. The van der Waals surface area contributed by atoms with Crippen molar-refractivity contribution < 1.29 is 19.8 Å². The number of phenols is 2. The maximum atomic E-state index is 13.0. The Bertz CT molecular complexity index is 1540. The Hall–Kier alpha value is -4.52. The first-order chi connectivity index (χ1) is 16.0. The first-order valence-electron chi connectivity index (χ1n) is 10.3. The lowest BCUT2D eigenvalue weighted by atomic mass is 9.91. The van der Waals surface area contributed by atoms with Gasteiger partial charge in [-0.1, -0.05) is 55.1 Å². The lowest BCUT2D eigenvalue weighted by Crippen LogP contribution is -2.12. The van der Waals surface area contributed by atoms with Crippen LogP contribution in [0.2, 0.25) is 0 Å². The molecular weight excluding hydrogens is 418 g/mol. The molecule has 2 N–H and O–H groups in total. The molecule has 7 nitrogen and oxygen atoms in total. The summed E-state index contributed by atoms with van der Waals surface area (Å²) in [6.45, 7) is 3.96. The number of carbonyl (C=O) groups is 2. The summed E-state index contributed by atoms with van der Waals surface area (Å²) < 4.78 is 1.60. The molecule has 0 unspecified atom stereocenters. The molecule has 4 aromatic rings. The highest BCUT2D eigenvalue weighted by Gasteiger charge is 2.30. The number of para-hydroxylation sites is 1. The number of hydrogen-bond acceptors (Lipinski definition) is 6. The zero-order valence-corrected chi connectivity index (χ0v) is 17.5. The zero-order chi connectivity index (χ0) is 23.1. The Morgan fingerprint density at radius 3 is 2.67 bits per heavy atom. The molecule has 0 spiro atoms. The number of hydrogen-bond donors (Lipinski definition) is 2. The quantitative estimate of drug-likeness (QED) is 0.354. The molecule has 1 aliphatic rings. The summed E-state index contributed by atoms with van der Waals surface area (Å²) >= 11 is 0. The highest BCUT2D eigenvalue weighted by molar-refractivity contribution is 6.22. The number of phenolic OH excluding ortho intramolecular Hbond substituents is 2. The number of aromatic nitrogens is 3. The van der Waals surface area contributed by atoms with Gasteiger partial charge in [0.15, 0.2) is 23.1 Å². The lowest BCUT2D eigenvalue weighted by Gasteiger charge is -2.15. The maximum Gasteiger partial charge on any atom is 0.197 e. The maximum absolute atomic E-state index is 13.0. The van der Waals surface area contributed by atoms with E-state index < -0.39 is 23.1 Å². The SMILES string of the molecule is C=C1/C=C\C=C/CC(=O)c2c(c(O)c3ncn(Cc4ccc5ccccc5n4)c3c2O)C1=O. The summed E-state index contributed by atoms with van der Waals surface area (Å²) in [4.78, 5) is 34.8. The summed E-state index contributed by atoms with van der Waals surface area (Å²) in [5.74, 6) is -2.00. The summed E-state index contributed by atoms with van der Waals surface area (Å²) in [7, 11) is 0. The van der Waals surface area contributed by atoms with Crippen LogP contribution in [-0.2, 0) is 6.54 Å². The molecule has 0 aliphatic heterocycles. The molecule has 0 bridgehead atoms. The van der Waals surface area contributed by atoms with Crippen molar-refractivity contribution in [1.29, 1.82) is 0 Å². The Balaban J connectivity index is 1.70. The van der Waals surface area contributed by atoms with Crippen LogP contribution in [0.5, 0.6) is 11.5 Å². The topological polar surface area (TPSA) is 105 Å². The fourth-order valence-electron chi connectivity index (χ4n) is 4.02. The number of allylic oxidation sites excluding steroid dienone is 5. The Kier molecular flexibility index (Phi) is 4.86. The summed E-state index contributed by atoms with van der Waals surface area (Å²) in [6.07, 6.45) is 7.73. The number of ketones is 2. The van der Waals surface area contributed by atoms with Crippen molar-refractivity contribution in [3.05, 3.63) is 96.0 Å². The number of aromatic hydroxyl groups is 2. The highest BCUT2D eigenvalue weighted by atomic mass is 16.3. The lowest BCUT2D eigenvalue weighted by molar-refractivity contribution is 0.0973. The Labute approximate surface area is 188 Å². The van der Waals surface area contributed by atoms with Gasteiger partial charge in [0.25, 0.3) is 0 Å². The van der Waals surface area contributed by atoms with Crippen LogP contribution in [-0.4, -0.2) is 36.3 Å². The number of nitrogens with zero attached hydrogens (tertiary/aromatic N) is 3. The first-order valence-corrected chi connectivity index (χ1v) is 10.3. The zero-order valence-electron chi connectivity index (χ0n) is 17.5. The van der Waals surface area contributed by atoms with Gasteiger partial charge in [-0.25, -0.2) is 4.98 Å². The van der Waals surface area contributed by atoms with Crippen LogP contribution in [0.25, 0.3) is 21.9 Å². The van der Waals surface area contributed by atoms with Crippen LogP contribution in [0.4, 0.5) is 0 Å². The Morgan fingerprint density at radius 1 is 1.00 bits per heavy atom. The Morgan fingerprint density at radius 2 is 1.82 bits per heavy atom. The number of pyridine rings is 1. The first kappa shape index (κ1) is 20.4. The third kappa shape index (κ3) is 3.40. The van der Waals surface area contributed by atoms with Crippen LogP contribution < -0.4 is 0 Å². The van der Waals surface area contributed by atoms with Gasteiger partial charge in [-0.15, -0.1) is 0 Å². The van der Waals surface area contributed by atoms with Gasteiger partial charge in [0.2, 0.25) is 0 Å². The third-order valence-electron chi connectivity index (χ3n) is 5.64. The van der Waals surface area contributed by atoms with Crippen molar-refractivity contribution in [2.75, 3.05) is 0 Å². The van der Waals surface area contributed by atoms with Gasteiger partial charge in [0.1, 0.15) is 11.0 Å². The van der Waals surface area contributed by atoms with E-state index >= 15 is 0 Å². The van der Waals surface area contributed by atoms with Crippen molar-refractivity contribution >= 4 is 33.5 Å². The van der Waals surface area contributed by atoms with Crippen molar-refractivity contribution in [3.63, 3.8) is 0 Å². The van der Waals surface area contributed by atoms with Gasteiger partial charge in [-0.2, -0.15) is 0 Å². The number of rotatable bonds is 2. The minimum Gasteiger partial charge on any atom is -0.505 e. The molecule has 2 aromatic heterocycles. The summed E-state index contributed by atoms with van der Waals surface area (Å²) in [5, 5.41) is 23.1. The van der Waals surface area contributed by atoms with Crippen molar-refractivity contribution in [2.45, 2.75) is 13.0 Å². The predicted octanol–water partition coefficient (Wildman–Crippen LogP) is 4.48. The van der Waals surface area contributed by atoms with E-state index in [0.717, 1.165) is 10.9 Å². The molecular formula is C26H19N3O4. The van der Waals surface area contributed by atoms with E-state index in [1.165, 1.54) is 12.4 Å². The van der Waals surface area contributed by atoms with E-state index in [9.17, 15) is 19.8 Å². The minimum atomic E-state index is -0.648. The van der Waals surface area contributed by atoms with Crippen molar-refractivity contribution in [2.24, 2.45) is 0 Å². The van der Waals surface area contributed by atoms with E-state index in [0.29, 0.717) is 5.69 Å². The van der Waals surface area contributed by atoms with Crippen LogP contribution in [0, 0.1) is 0 Å². The van der Waals surface area contributed by atoms with Crippen LogP contribution in [0.15, 0.2) is 79.2 Å². The molecule has 0 atom stereocenters. The second kappa shape index (κ2) is 7.87. The molecule has 5 rings (SSSR count). The monoisotopic (exact) mass is 437 g/mol. The fourth-order valence-corrected chi connectivity index (χ4v) is 4.02. The second-order valence-electron chi connectivity index (χ2n) is 7.78. The molecule has 33 heavy (non-hydrogen) atoms. The van der Waals surface area contributed by atoms with Crippen LogP contribution >= 0.6 is 0 Å². The van der Waals surface area contributed by atoms with E-state index in [1.54, 1.807) is 22.8 Å². The normalized spacial score (nSPS) is 16.2. The molecule has 2 heterocycles. The van der Waals surface area contributed by atoms with Gasteiger partial charge >= 0.3 is 0 Å². The summed E-state index contributed by atoms with van der Waals surface area (Å²) in [6, 6.07) is 11.5. The van der Waals surface area contributed by atoms with Gasteiger partial charge in [-0.05, 0) is 12.1 Å². The van der Waals surface area contributed by atoms with Gasteiger partial charge in [-0.3, -0.25) is 14.6 Å². The number of carbonyl (C=O) groups excluding carboxylic acids is 2. The number of benzene rings is 2. The molecule has 0 saturated heterocycles. The number of imidazole rings is 1. The van der Waals surface area contributed by atoms with Gasteiger partial charge in [0, 0.05) is 17.4 Å². The molecule has 162 valence electrons. The summed E-state index contributed by atoms with van der Waals surface area (Å²) in [5.41, 5.74) is 1.26. The van der Waals surface area contributed by atoms with E-state index in [1.807, 2.05) is 36.4 Å². The second-order valence-corrected chi connectivity index (χ2v) is 7.78. The molecule has 1 aliphatic carbocycles. The van der Waals surface area contributed by atoms with Crippen molar-refractivity contribution in [1.82, 2.24) is 14.5 Å². The average Bonchev–Trinajstić information content (AvgIpc) is 3.24. The molecule has 0 amide bonds.